The number of hydrogen-bond acceptors (Lipinski definition) is 3. The highest BCUT2D eigenvalue weighted by Crippen LogP contribution is 2.33. The lowest BCUT2D eigenvalue weighted by Gasteiger charge is -2.25. The summed E-state index contributed by atoms with van der Waals surface area (Å²) in [6.07, 6.45) is 4.39. The number of nitrogens with one attached hydrogen (secondary N) is 1. The van der Waals surface area contributed by atoms with Crippen LogP contribution < -0.4 is 5.32 Å². The molecule has 0 bridgehead atoms. The topological polar surface area (TPSA) is 32.3 Å². The normalized spacial score (nSPS) is 21.5. The molecular formula is C14H23NOS. The van der Waals surface area contributed by atoms with E-state index in [4.69, 9.17) is 0 Å². The predicted octanol–water partition coefficient (Wildman–Crippen LogP) is 3.12. The SMILES string of the molecule is CC(C)CC(O)CNC1CCCc2sccc21. The average molecular weight is 253 g/mol. The van der Waals surface area contributed by atoms with Crippen molar-refractivity contribution >= 4 is 11.3 Å². The second-order valence-corrected chi connectivity index (χ2v) is 6.44. The second-order valence-electron chi connectivity index (χ2n) is 5.44. The first-order valence-electron chi connectivity index (χ1n) is 6.64. The van der Waals surface area contributed by atoms with E-state index in [2.05, 4.69) is 30.6 Å². The molecule has 0 aromatic carbocycles. The van der Waals surface area contributed by atoms with E-state index < -0.39 is 0 Å². The fourth-order valence-corrected chi connectivity index (χ4v) is 3.59. The third-order valence-electron chi connectivity index (χ3n) is 3.40. The molecule has 2 unspecified atom stereocenters. The Labute approximate surface area is 108 Å². The van der Waals surface area contributed by atoms with Crippen LogP contribution in [-0.2, 0) is 6.42 Å². The maximum atomic E-state index is 9.89. The molecule has 0 fully saturated rings. The minimum atomic E-state index is -0.209. The van der Waals surface area contributed by atoms with Crippen LogP contribution >= 0.6 is 11.3 Å². The molecule has 0 radical (unpaired) electrons. The minimum Gasteiger partial charge on any atom is -0.392 e. The van der Waals surface area contributed by atoms with Crippen LogP contribution in [-0.4, -0.2) is 17.8 Å². The van der Waals surface area contributed by atoms with Crippen molar-refractivity contribution in [1.82, 2.24) is 5.32 Å². The van der Waals surface area contributed by atoms with Crippen LogP contribution in [0.5, 0.6) is 0 Å². The fraction of sp³-hybridized carbons (Fsp3) is 0.714. The van der Waals surface area contributed by atoms with Gasteiger partial charge in [0.1, 0.15) is 0 Å². The highest BCUT2D eigenvalue weighted by atomic mass is 32.1. The van der Waals surface area contributed by atoms with Crippen LogP contribution in [0, 0.1) is 5.92 Å². The monoisotopic (exact) mass is 253 g/mol. The maximum absolute atomic E-state index is 9.89. The number of aryl methyl sites for hydroxylation is 1. The molecule has 1 aliphatic carbocycles. The molecule has 0 saturated carbocycles. The molecule has 0 spiro atoms. The summed E-state index contributed by atoms with van der Waals surface area (Å²) >= 11 is 1.87. The molecule has 0 aliphatic heterocycles. The molecule has 1 heterocycles. The number of rotatable bonds is 5. The molecule has 2 nitrogen and oxygen atoms in total. The zero-order valence-electron chi connectivity index (χ0n) is 10.8. The Hall–Kier alpha value is -0.380. The van der Waals surface area contributed by atoms with Crippen LogP contribution in [0.2, 0.25) is 0 Å². The summed E-state index contributed by atoms with van der Waals surface area (Å²) in [4.78, 5) is 1.53. The van der Waals surface area contributed by atoms with Crippen LogP contribution in [0.1, 0.15) is 49.6 Å². The van der Waals surface area contributed by atoms with Gasteiger partial charge in [-0.05, 0) is 48.6 Å². The van der Waals surface area contributed by atoms with E-state index in [-0.39, 0.29) is 6.10 Å². The number of fused-ring (bicyclic) bond motifs is 1. The van der Waals surface area contributed by atoms with E-state index >= 15 is 0 Å². The summed E-state index contributed by atoms with van der Waals surface area (Å²) in [5.41, 5.74) is 1.47. The van der Waals surface area contributed by atoms with Gasteiger partial charge in [-0.1, -0.05) is 13.8 Å². The van der Waals surface area contributed by atoms with E-state index in [1.165, 1.54) is 29.7 Å². The molecule has 96 valence electrons. The zero-order valence-corrected chi connectivity index (χ0v) is 11.6. The minimum absolute atomic E-state index is 0.209. The second kappa shape index (κ2) is 5.98. The first-order chi connectivity index (χ1) is 8.16. The summed E-state index contributed by atoms with van der Waals surface area (Å²) in [5, 5.41) is 15.6. The number of aliphatic hydroxyl groups is 1. The lowest BCUT2D eigenvalue weighted by Crippen LogP contribution is -2.32. The van der Waals surface area contributed by atoms with Gasteiger partial charge in [-0.15, -0.1) is 11.3 Å². The van der Waals surface area contributed by atoms with Crippen molar-refractivity contribution < 1.29 is 5.11 Å². The molecule has 0 saturated heterocycles. The Morgan fingerprint density at radius 2 is 2.35 bits per heavy atom. The van der Waals surface area contributed by atoms with Crippen molar-refractivity contribution in [2.45, 2.75) is 51.7 Å². The number of hydrogen-bond donors (Lipinski definition) is 2. The van der Waals surface area contributed by atoms with Gasteiger partial charge in [0.05, 0.1) is 6.10 Å². The standard InChI is InChI=1S/C14H23NOS/c1-10(2)8-11(16)9-15-13-4-3-5-14-12(13)6-7-17-14/h6-7,10-11,13,15-16H,3-5,8-9H2,1-2H3. The number of aliphatic hydroxyl groups excluding tert-OH is 1. The van der Waals surface area contributed by atoms with Crippen LogP contribution in [0.15, 0.2) is 11.4 Å². The van der Waals surface area contributed by atoms with E-state index in [1.54, 1.807) is 0 Å². The first-order valence-corrected chi connectivity index (χ1v) is 7.52. The smallest absolute Gasteiger partial charge is 0.0667 e. The molecule has 17 heavy (non-hydrogen) atoms. The van der Waals surface area contributed by atoms with Crippen molar-refractivity contribution in [2.24, 2.45) is 5.92 Å². The van der Waals surface area contributed by atoms with Crippen LogP contribution in [0.25, 0.3) is 0 Å². The highest BCUT2D eigenvalue weighted by Gasteiger charge is 2.21. The quantitative estimate of drug-likeness (QED) is 0.845. The zero-order chi connectivity index (χ0) is 12.3. The summed E-state index contributed by atoms with van der Waals surface area (Å²) < 4.78 is 0. The summed E-state index contributed by atoms with van der Waals surface area (Å²) in [6.45, 7) is 5.03. The summed E-state index contributed by atoms with van der Waals surface area (Å²) in [7, 11) is 0. The summed E-state index contributed by atoms with van der Waals surface area (Å²) in [6, 6.07) is 2.71. The first kappa shape index (κ1) is 13.1. The van der Waals surface area contributed by atoms with Gasteiger partial charge >= 0.3 is 0 Å². The van der Waals surface area contributed by atoms with Gasteiger partial charge < -0.3 is 10.4 Å². The Kier molecular flexibility index (Phi) is 4.60. The van der Waals surface area contributed by atoms with E-state index in [0.29, 0.717) is 12.0 Å². The molecular weight excluding hydrogens is 230 g/mol. The molecule has 1 aromatic rings. The van der Waals surface area contributed by atoms with E-state index in [0.717, 1.165) is 13.0 Å². The Morgan fingerprint density at radius 3 is 3.12 bits per heavy atom. The lowest BCUT2D eigenvalue weighted by molar-refractivity contribution is 0.141. The number of thiophene rings is 1. The van der Waals surface area contributed by atoms with Gasteiger partial charge in [-0.2, -0.15) is 0 Å². The predicted molar refractivity (Wildman–Crippen MR) is 73.5 cm³/mol. The Morgan fingerprint density at radius 1 is 1.53 bits per heavy atom. The highest BCUT2D eigenvalue weighted by molar-refractivity contribution is 7.10. The maximum Gasteiger partial charge on any atom is 0.0667 e. The summed E-state index contributed by atoms with van der Waals surface area (Å²) in [5.74, 6) is 0.565. The fourth-order valence-electron chi connectivity index (χ4n) is 2.60. The molecule has 0 amide bonds. The molecule has 3 heteroatoms. The third-order valence-corrected chi connectivity index (χ3v) is 4.39. The van der Waals surface area contributed by atoms with Crippen molar-refractivity contribution in [3.63, 3.8) is 0 Å². The van der Waals surface area contributed by atoms with Gasteiger partial charge in [-0.25, -0.2) is 0 Å². The molecule has 2 atom stereocenters. The van der Waals surface area contributed by atoms with Gasteiger partial charge in [0.2, 0.25) is 0 Å². The van der Waals surface area contributed by atoms with Crippen molar-refractivity contribution in [3.8, 4) is 0 Å². The largest absolute Gasteiger partial charge is 0.392 e. The third kappa shape index (κ3) is 3.54. The van der Waals surface area contributed by atoms with Crippen LogP contribution in [0.3, 0.4) is 0 Å². The van der Waals surface area contributed by atoms with Gasteiger partial charge in [0.15, 0.2) is 0 Å². The van der Waals surface area contributed by atoms with Gasteiger partial charge in [-0.3, -0.25) is 0 Å². The van der Waals surface area contributed by atoms with Crippen molar-refractivity contribution in [2.75, 3.05) is 6.54 Å². The molecule has 1 aromatic heterocycles. The van der Waals surface area contributed by atoms with E-state index in [1.807, 2.05) is 11.3 Å². The van der Waals surface area contributed by atoms with Crippen molar-refractivity contribution in [3.05, 3.63) is 21.9 Å². The molecule has 1 aliphatic rings. The van der Waals surface area contributed by atoms with Crippen molar-refractivity contribution in [1.29, 1.82) is 0 Å². The molecule has 2 N–H and O–H groups in total. The molecule has 2 rings (SSSR count). The Bertz CT molecular complexity index is 348. The van der Waals surface area contributed by atoms with Gasteiger partial charge in [0.25, 0.3) is 0 Å². The lowest BCUT2D eigenvalue weighted by atomic mass is 9.94. The average Bonchev–Trinajstić information content (AvgIpc) is 2.73. The Balaban J connectivity index is 1.85. The van der Waals surface area contributed by atoms with Crippen LogP contribution in [0.4, 0.5) is 0 Å². The van der Waals surface area contributed by atoms with Gasteiger partial charge in [0, 0.05) is 17.5 Å². The van der Waals surface area contributed by atoms with E-state index in [9.17, 15) is 5.11 Å².